The third kappa shape index (κ3) is 6.63. The molecule has 0 unspecified atom stereocenters. The number of hydrogen-bond acceptors (Lipinski definition) is 4. The second kappa shape index (κ2) is 11.7. The standard InChI is InChI=1S/C22H28O4/c1-4-12-17-16-20(23)18(13-5-2)19(22(17)25)14-10-8-6-7-9-11-15-21(24)26-3/h4-7,10,14,16,23,25H,1-2,8-9,11-13,15H2,3H3. The highest BCUT2D eigenvalue weighted by Crippen LogP contribution is 2.35. The van der Waals surface area contributed by atoms with Gasteiger partial charge in [-0.15, -0.1) is 13.2 Å². The van der Waals surface area contributed by atoms with Crippen molar-refractivity contribution >= 4 is 12.0 Å². The summed E-state index contributed by atoms with van der Waals surface area (Å²) in [4.78, 5) is 11.0. The normalized spacial score (nSPS) is 11.1. The highest BCUT2D eigenvalue weighted by molar-refractivity contribution is 5.69. The van der Waals surface area contributed by atoms with Crippen molar-refractivity contribution in [2.24, 2.45) is 0 Å². The second-order valence-corrected chi connectivity index (χ2v) is 5.86. The van der Waals surface area contributed by atoms with Crippen molar-refractivity contribution < 1.29 is 19.7 Å². The molecule has 4 nitrogen and oxygen atoms in total. The van der Waals surface area contributed by atoms with Crippen LogP contribution in [0.1, 0.15) is 42.4 Å². The zero-order chi connectivity index (χ0) is 19.4. The fourth-order valence-electron chi connectivity index (χ4n) is 2.57. The van der Waals surface area contributed by atoms with Gasteiger partial charge >= 0.3 is 5.97 Å². The molecule has 0 aliphatic carbocycles. The number of methoxy groups -OCH3 is 1. The van der Waals surface area contributed by atoms with E-state index in [0.717, 1.165) is 12.8 Å². The van der Waals surface area contributed by atoms with Crippen LogP contribution in [0, 0.1) is 0 Å². The molecule has 0 aliphatic heterocycles. The largest absolute Gasteiger partial charge is 0.508 e. The number of carbonyl (C=O) groups is 1. The maximum Gasteiger partial charge on any atom is 0.305 e. The van der Waals surface area contributed by atoms with Gasteiger partial charge in [-0.3, -0.25) is 4.79 Å². The minimum absolute atomic E-state index is 0.151. The van der Waals surface area contributed by atoms with E-state index in [1.54, 1.807) is 18.2 Å². The zero-order valence-electron chi connectivity index (χ0n) is 15.4. The van der Waals surface area contributed by atoms with Gasteiger partial charge in [0.15, 0.2) is 0 Å². The summed E-state index contributed by atoms with van der Waals surface area (Å²) in [5.41, 5.74) is 1.91. The van der Waals surface area contributed by atoms with E-state index >= 15 is 0 Å². The molecule has 0 amide bonds. The van der Waals surface area contributed by atoms with Crippen molar-refractivity contribution in [1.82, 2.24) is 0 Å². The first-order valence-corrected chi connectivity index (χ1v) is 8.71. The van der Waals surface area contributed by atoms with Crippen molar-refractivity contribution in [1.29, 1.82) is 0 Å². The summed E-state index contributed by atoms with van der Waals surface area (Å²) in [6.45, 7) is 7.38. The lowest BCUT2D eigenvalue weighted by Gasteiger charge is -2.13. The first kappa shape index (κ1) is 21.3. The molecule has 0 atom stereocenters. The van der Waals surface area contributed by atoms with Crippen LogP contribution in [0.15, 0.2) is 49.6 Å². The Balaban J connectivity index is 2.77. The Morgan fingerprint density at radius 1 is 1.15 bits per heavy atom. The maximum absolute atomic E-state index is 11.0. The maximum atomic E-state index is 11.0. The molecule has 1 aromatic rings. The van der Waals surface area contributed by atoms with Crippen LogP contribution in [0.5, 0.6) is 11.5 Å². The number of rotatable bonds is 11. The van der Waals surface area contributed by atoms with Gasteiger partial charge in [0.05, 0.1) is 7.11 Å². The highest BCUT2D eigenvalue weighted by Gasteiger charge is 2.14. The van der Waals surface area contributed by atoms with E-state index in [1.165, 1.54) is 7.11 Å². The third-order valence-electron chi connectivity index (χ3n) is 3.92. The molecule has 0 saturated carbocycles. The van der Waals surface area contributed by atoms with Gasteiger partial charge in [-0.2, -0.15) is 0 Å². The summed E-state index contributed by atoms with van der Waals surface area (Å²) in [5.74, 6) is 0.123. The monoisotopic (exact) mass is 356 g/mol. The van der Waals surface area contributed by atoms with Crippen LogP contribution in [0.3, 0.4) is 0 Å². The Morgan fingerprint density at radius 3 is 2.54 bits per heavy atom. The molecular weight excluding hydrogens is 328 g/mol. The fraction of sp³-hybridized carbons (Fsp3) is 0.318. The Bertz CT molecular complexity index is 684. The summed E-state index contributed by atoms with van der Waals surface area (Å²) in [7, 11) is 1.39. The van der Waals surface area contributed by atoms with E-state index in [-0.39, 0.29) is 17.5 Å². The number of unbranched alkanes of at least 4 members (excludes halogenated alkanes) is 1. The lowest BCUT2D eigenvalue weighted by molar-refractivity contribution is -0.140. The molecule has 26 heavy (non-hydrogen) atoms. The molecule has 4 heteroatoms. The average molecular weight is 356 g/mol. The van der Waals surface area contributed by atoms with Crippen molar-refractivity contribution in [2.45, 2.75) is 38.5 Å². The lowest BCUT2D eigenvalue weighted by Crippen LogP contribution is -1.98. The summed E-state index contributed by atoms with van der Waals surface area (Å²) < 4.78 is 4.59. The summed E-state index contributed by atoms with van der Waals surface area (Å²) in [5, 5.41) is 20.7. The van der Waals surface area contributed by atoms with Crippen LogP contribution >= 0.6 is 0 Å². The molecule has 0 spiro atoms. The van der Waals surface area contributed by atoms with Crippen LogP contribution in [0.25, 0.3) is 6.08 Å². The van der Waals surface area contributed by atoms with Crippen LogP contribution in [0.4, 0.5) is 0 Å². The van der Waals surface area contributed by atoms with Crippen LogP contribution < -0.4 is 0 Å². The predicted molar refractivity (Wildman–Crippen MR) is 106 cm³/mol. The van der Waals surface area contributed by atoms with E-state index in [2.05, 4.69) is 17.9 Å². The number of benzene rings is 1. The number of carbonyl (C=O) groups excluding carboxylic acids is 1. The summed E-state index contributed by atoms with van der Waals surface area (Å²) in [6.07, 6.45) is 14.8. The topological polar surface area (TPSA) is 66.8 Å². The number of phenolic OH excluding ortho intramolecular Hbond substituents is 2. The van der Waals surface area contributed by atoms with Crippen LogP contribution in [-0.4, -0.2) is 23.3 Å². The Labute approximate surface area is 155 Å². The first-order valence-electron chi connectivity index (χ1n) is 8.71. The molecule has 2 N–H and O–H groups in total. The average Bonchev–Trinajstić information content (AvgIpc) is 2.63. The van der Waals surface area contributed by atoms with Crippen molar-refractivity contribution in [2.75, 3.05) is 7.11 Å². The van der Waals surface area contributed by atoms with Gasteiger partial charge in [-0.05, 0) is 38.2 Å². The molecule has 140 valence electrons. The van der Waals surface area contributed by atoms with Crippen LogP contribution in [-0.2, 0) is 22.4 Å². The second-order valence-electron chi connectivity index (χ2n) is 5.86. The molecule has 0 bridgehead atoms. The van der Waals surface area contributed by atoms with Crippen molar-refractivity contribution in [3.8, 4) is 11.5 Å². The Morgan fingerprint density at radius 2 is 1.88 bits per heavy atom. The number of hydrogen-bond donors (Lipinski definition) is 2. The number of esters is 1. The number of allylic oxidation sites excluding steroid dienone is 5. The summed E-state index contributed by atoms with van der Waals surface area (Å²) >= 11 is 0. The molecule has 1 aromatic carbocycles. The van der Waals surface area contributed by atoms with E-state index < -0.39 is 0 Å². The number of ether oxygens (including phenoxy) is 1. The molecule has 0 aromatic heterocycles. The van der Waals surface area contributed by atoms with Gasteiger partial charge < -0.3 is 14.9 Å². The Hall–Kier alpha value is -2.75. The minimum atomic E-state index is -0.192. The van der Waals surface area contributed by atoms with Gasteiger partial charge in [0, 0.05) is 23.1 Å². The lowest BCUT2D eigenvalue weighted by atomic mass is 9.96. The minimum Gasteiger partial charge on any atom is -0.508 e. The molecule has 1 rings (SSSR count). The number of phenols is 2. The SMILES string of the molecule is C=CCc1cc(O)c(CC=C)c(C=CCC=CCCCC(=O)OC)c1O. The first-order chi connectivity index (χ1) is 12.5. The number of aromatic hydroxyl groups is 2. The van der Waals surface area contributed by atoms with Gasteiger partial charge in [0.1, 0.15) is 11.5 Å². The van der Waals surface area contributed by atoms with E-state index in [0.29, 0.717) is 42.4 Å². The van der Waals surface area contributed by atoms with Gasteiger partial charge in [0.25, 0.3) is 0 Å². The molecule has 0 radical (unpaired) electrons. The van der Waals surface area contributed by atoms with Crippen molar-refractivity contribution in [3.63, 3.8) is 0 Å². The van der Waals surface area contributed by atoms with Gasteiger partial charge in [0.2, 0.25) is 0 Å². The summed E-state index contributed by atoms with van der Waals surface area (Å²) in [6, 6.07) is 1.58. The molecule has 0 heterocycles. The third-order valence-corrected chi connectivity index (χ3v) is 3.92. The molecular formula is C22H28O4. The van der Waals surface area contributed by atoms with Gasteiger partial charge in [-0.1, -0.05) is 36.5 Å². The molecule has 0 fully saturated rings. The Kier molecular flexibility index (Phi) is 9.62. The van der Waals surface area contributed by atoms with Gasteiger partial charge in [-0.25, -0.2) is 0 Å². The highest BCUT2D eigenvalue weighted by atomic mass is 16.5. The quantitative estimate of drug-likeness (QED) is 0.257. The molecule has 0 saturated heterocycles. The van der Waals surface area contributed by atoms with Crippen LogP contribution in [0.2, 0.25) is 0 Å². The van der Waals surface area contributed by atoms with E-state index in [9.17, 15) is 15.0 Å². The fourth-order valence-corrected chi connectivity index (χ4v) is 2.57. The smallest absolute Gasteiger partial charge is 0.305 e. The zero-order valence-corrected chi connectivity index (χ0v) is 15.4. The van der Waals surface area contributed by atoms with Crippen molar-refractivity contribution in [3.05, 3.63) is 66.3 Å². The van der Waals surface area contributed by atoms with E-state index in [4.69, 9.17) is 0 Å². The van der Waals surface area contributed by atoms with E-state index in [1.807, 2.05) is 24.3 Å². The predicted octanol–water partition coefficient (Wildman–Crippen LogP) is 4.86. The molecule has 0 aliphatic rings.